The highest BCUT2D eigenvalue weighted by Crippen LogP contribution is 2.21. The van der Waals surface area contributed by atoms with E-state index in [1.807, 2.05) is 0 Å². The van der Waals surface area contributed by atoms with E-state index in [9.17, 15) is 9.18 Å². The van der Waals surface area contributed by atoms with Gasteiger partial charge in [-0.3, -0.25) is 4.79 Å². The summed E-state index contributed by atoms with van der Waals surface area (Å²) in [6.45, 7) is 0.831. The number of rotatable bonds is 4. The minimum absolute atomic E-state index is 0.153. The van der Waals surface area contributed by atoms with Gasteiger partial charge < -0.3 is 16.0 Å². The van der Waals surface area contributed by atoms with Crippen LogP contribution in [0.5, 0.6) is 0 Å². The van der Waals surface area contributed by atoms with Crippen molar-refractivity contribution in [2.24, 2.45) is 5.73 Å². The molecule has 1 amide bonds. The second kappa shape index (κ2) is 4.97. The molecule has 0 fully saturated rings. The van der Waals surface area contributed by atoms with Crippen LogP contribution in [0.1, 0.15) is 5.56 Å². The first-order valence-corrected chi connectivity index (χ1v) is 5.43. The molecule has 1 aromatic heterocycles. The van der Waals surface area contributed by atoms with Crippen molar-refractivity contribution in [2.75, 3.05) is 13.1 Å². The van der Waals surface area contributed by atoms with Crippen LogP contribution in [0.4, 0.5) is 4.39 Å². The van der Waals surface area contributed by atoms with E-state index in [4.69, 9.17) is 5.73 Å². The molecule has 0 aliphatic carbocycles. The number of hydrogen-bond donors (Lipinski definition) is 3. The van der Waals surface area contributed by atoms with Crippen molar-refractivity contribution in [2.45, 2.75) is 6.42 Å². The molecule has 0 spiro atoms. The summed E-state index contributed by atoms with van der Waals surface area (Å²) < 4.78 is 13.6. The Morgan fingerprint density at radius 1 is 1.47 bits per heavy atom. The zero-order valence-corrected chi connectivity index (χ0v) is 9.29. The monoisotopic (exact) mass is 235 g/mol. The van der Waals surface area contributed by atoms with E-state index in [0.717, 1.165) is 0 Å². The maximum atomic E-state index is 13.6. The highest BCUT2D eigenvalue weighted by molar-refractivity contribution is 5.89. The van der Waals surface area contributed by atoms with E-state index in [1.54, 1.807) is 18.3 Å². The van der Waals surface area contributed by atoms with Crippen molar-refractivity contribution >= 4 is 16.8 Å². The van der Waals surface area contributed by atoms with E-state index in [0.29, 0.717) is 29.6 Å². The van der Waals surface area contributed by atoms with Crippen LogP contribution in [0.15, 0.2) is 24.4 Å². The second-order valence-electron chi connectivity index (χ2n) is 3.79. The quantitative estimate of drug-likeness (QED) is 0.737. The van der Waals surface area contributed by atoms with Crippen LogP contribution in [-0.4, -0.2) is 24.0 Å². The number of amides is 1. The van der Waals surface area contributed by atoms with Crippen molar-refractivity contribution in [1.82, 2.24) is 10.3 Å². The fourth-order valence-corrected chi connectivity index (χ4v) is 1.79. The number of nitrogens with two attached hydrogens (primary N) is 1. The summed E-state index contributed by atoms with van der Waals surface area (Å²) in [6, 6.07) is 4.80. The van der Waals surface area contributed by atoms with E-state index in [2.05, 4.69) is 10.3 Å². The molecule has 0 bridgehead atoms. The number of aromatic amines is 1. The van der Waals surface area contributed by atoms with Gasteiger partial charge in [0.05, 0.1) is 6.42 Å². The van der Waals surface area contributed by atoms with Crippen LogP contribution in [0.25, 0.3) is 10.9 Å². The van der Waals surface area contributed by atoms with Crippen LogP contribution in [0, 0.1) is 5.82 Å². The van der Waals surface area contributed by atoms with Gasteiger partial charge in [-0.05, 0) is 17.7 Å². The van der Waals surface area contributed by atoms with Gasteiger partial charge >= 0.3 is 0 Å². The number of hydrogen-bond acceptors (Lipinski definition) is 2. The molecule has 0 saturated heterocycles. The molecule has 90 valence electrons. The average molecular weight is 235 g/mol. The molecular formula is C12H14FN3O. The lowest BCUT2D eigenvalue weighted by Crippen LogP contribution is -2.30. The number of aromatic nitrogens is 1. The maximum absolute atomic E-state index is 13.6. The average Bonchev–Trinajstić information content (AvgIpc) is 2.71. The summed E-state index contributed by atoms with van der Waals surface area (Å²) in [4.78, 5) is 14.5. The summed E-state index contributed by atoms with van der Waals surface area (Å²) in [7, 11) is 0. The minimum Gasteiger partial charge on any atom is -0.361 e. The van der Waals surface area contributed by atoms with Gasteiger partial charge in [-0.15, -0.1) is 0 Å². The summed E-state index contributed by atoms with van der Waals surface area (Å²) in [6.07, 6.45) is 1.82. The van der Waals surface area contributed by atoms with Gasteiger partial charge in [0.15, 0.2) is 0 Å². The maximum Gasteiger partial charge on any atom is 0.224 e. The summed E-state index contributed by atoms with van der Waals surface area (Å²) in [5.41, 5.74) is 6.64. The standard InChI is InChI=1S/C12H14FN3O/c13-9-2-1-3-10-12(9)8(7-16-10)6-11(17)15-5-4-14/h1-3,7,16H,4-6,14H2,(H,15,17). The predicted molar refractivity (Wildman–Crippen MR) is 64.0 cm³/mol. The van der Waals surface area contributed by atoms with E-state index in [1.165, 1.54) is 6.07 Å². The lowest BCUT2D eigenvalue weighted by molar-refractivity contribution is -0.120. The molecule has 4 N–H and O–H groups in total. The lowest BCUT2D eigenvalue weighted by atomic mass is 10.1. The zero-order valence-electron chi connectivity index (χ0n) is 9.29. The third kappa shape index (κ3) is 2.45. The lowest BCUT2D eigenvalue weighted by Gasteiger charge is -2.02. The van der Waals surface area contributed by atoms with E-state index >= 15 is 0 Å². The normalized spacial score (nSPS) is 10.7. The van der Waals surface area contributed by atoms with Gasteiger partial charge in [0.1, 0.15) is 5.82 Å². The first-order valence-electron chi connectivity index (χ1n) is 5.43. The minimum atomic E-state index is -0.314. The summed E-state index contributed by atoms with van der Waals surface area (Å²) >= 11 is 0. The number of H-pyrrole nitrogens is 1. The van der Waals surface area contributed by atoms with Gasteiger partial charge in [0, 0.05) is 30.2 Å². The molecule has 17 heavy (non-hydrogen) atoms. The first kappa shape index (κ1) is 11.6. The molecule has 1 heterocycles. The highest BCUT2D eigenvalue weighted by atomic mass is 19.1. The molecule has 5 heteroatoms. The number of carbonyl (C=O) groups excluding carboxylic acids is 1. The second-order valence-corrected chi connectivity index (χ2v) is 3.79. The van der Waals surface area contributed by atoms with Crippen molar-refractivity contribution in [1.29, 1.82) is 0 Å². The Morgan fingerprint density at radius 3 is 3.06 bits per heavy atom. The molecule has 2 aromatic rings. The molecule has 0 aliphatic rings. The summed E-state index contributed by atoms with van der Waals surface area (Å²) in [5, 5.41) is 3.14. The van der Waals surface area contributed by atoms with Gasteiger partial charge in [-0.1, -0.05) is 6.07 Å². The topological polar surface area (TPSA) is 70.9 Å². The molecule has 0 unspecified atom stereocenters. The third-order valence-electron chi connectivity index (χ3n) is 2.55. The third-order valence-corrected chi connectivity index (χ3v) is 2.55. The number of halogens is 1. The molecule has 4 nitrogen and oxygen atoms in total. The number of nitrogens with one attached hydrogen (secondary N) is 2. The molecule has 2 rings (SSSR count). The molecular weight excluding hydrogens is 221 g/mol. The van der Waals surface area contributed by atoms with E-state index in [-0.39, 0.29) is 18.1 Å². The van der Waals surface area contributed by atoms with Gasteiger partial charge in [0.25, 0.3) is 0 Å². The fourth-order valence-electron chi connectivity index (χ4n) is 1.79. The SMILES string of the molecule is NCCNC(=O)Cc1c[nH]c2cccc(F)c12. The zero-order chi connectivity index (χ0) is 12.3. The van der Waals surface area contributed by atoms with Crippen molar-refractivity contribution < 1.29 is 9.18 Å². The number of fused-ring (bicyclic) bond motifs is 1. The molecule has 0 saturated carbocycles. The highest BCUT2D eigenvalue weighted by Gasteiger charge is 2.11. The smallest absolute Gasteiger partial charge is 0.224 e. The van der Waals surface area contributed by atoms with Crippen LogP contribution in [0.2, 0.25) is 0 Å². The Labute approximate surface area is 98.0 Å². The van der Waals surface area contributed by atoms with Gasteiger partial charge in [-0.25, -0.2) is 4.39 Å². The van der Waals surface area contributed by atoms with Gasteiger partial charge in [-0.2, -0.15) is 0 Å². The number of carbonyl (C=O) groups is 1. The van der Waals surface area contributed by atoms with Gasteiger partial charge in [0.2, 0.25) is 5.91 Å². The molecule has 0 aliphatic heterocycles. The van der Waals surface area contributed by atoms with Crippen LogP contribution < -0.4 is 11.1 Å². The Balaban J connectivity index is 2.22. The Kier molecular flexibility index (Phi) is 3.39. The van der Waals surface area contributed by atoms with Crippen LogP contribution >= 0.6 is 0 Å². The number of benzene rings is 1. The van der Waals surface area contributed by atoms with Crippen molar-refractivity contribution in [3.63, 3.8) is 0 Å². The van der Waals surface area contributed by atoms with Crippen LogP contribution in [-0.2, 0) is 11.2 Å². The van der Waals surface area contributed by atoms with Crippen molar-refractivity contribution in [3.05, 3.63) is 35.8 Å². The first-order chi connectivity index (χ1) is 8.22. The predicted octanol–water partition coefficient (Wildman–Crippen LogP) is 0.924. The van der Waals surface area contributed by atoms with E-state index < -0.39 is 0 Å². The van der Waals surface area contributed by atoms with Crippen LogP contribution in [0.3, 0.4) is 0 Å². The molecule has 0 atom stereocenters. The largest absolute Gasteiger partial charge is 0.361 e. The molecule has 1 aromatic carbocycles. The Bertz CT molecular complexity index is 536. The molecule has 0 radical (unpaired) electrons. The Hall–Kier alpha value is -1.88. The fraction of sp³-hybridized carbons (Fsp3) is 0.250. The van der Waals surface area contributed by atoms with Crippen molar-refractivity contribution in [3.8, 4) is 0 Å². The Morgan fingerprint density at radius 2 is 2.29 bits per heavy atom. The summed E-state index contributed by atoms with van der Waals surface area (Å²) in [5.74, 6) is -0.468.